The number of ether oxygens (including phenoxy) is 7. The third kappa shape index (κ3) is 20.0. The van der Waals surface area contributed by atoms with Gasteiger partial charge in [-0.25, -0.2) is 0 Å². The number of aliphatic hydroxyl groups excluding tert-OH is 1. The fourth-order valence-corrected chi connectivity index (χ4v) is 1.88. The van der Waals surface area contributed by atoms with E-state index in [9.17, 15) is 0 Å². The lowest BCUT2D eigenvalue weighted by Crippen LogP contribution is -2.22. The van der Waals surface area contributed by atoms with Crippen LogP contribution in [0.25, 0.3) is 0 Å². The van der Waals surface area contributed by atoms with Crippen molar-refractivity contribution in [1.82, 2.24) is 0 Å². The minimum Gasteiger partial charge on any atom is -0.396 e. The monoisotopic (exact) mass is 382 g/mol. The first-order valence-electron chi connectivity index (χ1n) is 9.57. The predicted molar refractivity (Wildman–Crippen MR) is 97.5 cm³/mol. The highest BCUT2D eigenvalue weighted by Gasteiger charge is 2.08. The number of hydrogen-bond donors (Lipinski definition) is 1. The summed E-state index contributed by atoms with van der Waals surface area (Å²) in [5, 5.41) is 9.06. The summed E-state index contributed by atoms with van der Waals surface area (Å²) in [6.45, 7) is 10.8. The number of rotatable bonds is 22. The van der Waals surface area contributed by atoms with E-state index >= 15 is 0 Å². The Morgan fingerprint density at radius 1 is 0.577 bits per heavy atom. The Morgan fingerprint density at radius 2 is 1.04 bits per heavy atom. The van der Waals surface area contributed by atoms with Crippen LogP contribution in [0.15, 0.2) is 0 Å². The van der Waals surface area contributed by atoms with Crippen molar-refractivity contribution in [3.8, 4) is 0 Å². The Hall–Kier alpha value is -0.320. The van der Waals surface area contributed by atoms with Crippen LogP contribution in [0.3, 0.4) is 0 Å². The highest BCUT2D eigenvalue weighted by atomic mass is 16.7. The summed E-state index contributed by atoms with van der Waals surface area (Å²) in [7, 11) is 0. The molecule has 0 aliphatic carbocycles. The number of hydrogen-bond acceptors (Lipinski definition) is 8. The lowest BCUT2D eigenvalue weighted by atomic mass is 10.4. The highest BCUT2D eigenvalue weighted by molar-refractivity contribution is 4.46. The van der Waals surface area contributed by atoms with Crippen LogP contribution in [-0.2, 0) is 33.2 Å². The summed E-state index contributed by atoms with van der Waals surface area (Å²) in [4.78, 5) is 0. The lowest BCUT2D eigenvalue weighted by molar-refractivity contribution is -0.160. The van der Waals surface area contributed by atoms with Crippen molar-refractivity contribution in [3.05, 3.63) is 0 Å². The number of aliphatic hydroxyl groups is 1. The minimum absolute atomic E-state index is 0.0193. The summed E-state index contributed by atoms with van der Waals surface area (Å²) in [5.41, 5.74) is 0. The second-order valence-electron chi connectivity index (χ2n) is 5.27. The Morgan fingerprint density at radius 3 is 1.58 bits per heavy atom. The zero-order valence-electron chi connectivity index (χ0n) is 16.5. The predicted octanol–water partition coefficient (Wildman–Crippen LogP) is 1.24. The normalized spacial score (nSPS) is 12.6. The summed E-state index contributed by atoms with van der Waals surface area (Å²) in [6, 6.07) is 0. The summed E-state index contributed by atoms with van der Waals surface area (Å²) in [6.07, 6.45) is 0.778. The largest absolute Gasteiger partial charge is 0.396 e. The van der Waals surface area contributed by atoms with Crippen molar-refractivity contribution in [3.63, 3.8) is 0 Å². The summed E-state index contributed by atoms with van der Waals surface area (Å²) in [5.74, 6) is 0. The van der Waals surface area contributed by atoms with E-state index in [0.29, 0.717) is 85.7 Å². The van der Waals surface area contributed by atoms with Gasteiger partial charge in [-0.2, -0.15) is 0 Å². The molecule has 0 radical (unpaired) electrons. The Labute approximate surface area is 158 Å². The molecule has 0 saturated carbocycles. The molecule has 0 aromatic heterocycles. The quantitative estimate of drug-likeness (QED) is 0.221. The van der Waals surface area contributed by atoms with E-state index in [1.54, 1.807) is 0 Å². The molecule has 0 aromatic carbocycles. The van der Waals surface area contributed by atoms with Gasteiger partial charge >= 0.3 is 0 Å². The van der Waals surface area contributed by atoms with E-state index in [1.807, 2.05) is 13.8 Å². The maximum absolute atomic E-state index is 9.06. The second kappa shape index (κ2) is 22.7. The van der Waals surface area contributed by atoms with E-state index in [1.165, 1.54) is 0 Å². The van der Waals surface area contributed by atoms with E-state index < -0.39 is 6.29 Å². The topological polar surface area (TPSA) is 84.8 Å². The van der Waals surface area contributed by atoms with E-state index in [-0.39, 0.29) is 6.61 Å². The van der Waals surface area contributed by atoms with Gasteiger partial charge in [0.25, 0.3) is 0 Å². The van der Waals surface area contributed by atoms with Gasteiger partial charge in [-0.05, 0) is 20.3 Å². The maximum atomic E-state index is 9.06. The van der Waals surface area contributed by atoms with Crippen LogP contribution < -0.4 is 0 Å². The molecule has 158 valence electrons. The SMILES string of the molecule is CCOCCOCCOCCCOC(CCO)OCCOCCOCC. The van der Waals surface area contributed by atoms with E-state index in [0.717, 1.165) is 6.42 Å². The van der Waals surface area contributed by atoms with Gasteiger partial charge in [0.15, 0.2) is 6.29 Å². The first-order chi connectivity index (χ1) is 12.8. The Kier molecular flexibility index (Phi) is 22.4. The molecule has 0 spiro atoms. The molecule has 1 atom stereocenters. The third-order valence-corrected chi connectivity index (χ3v) is 3.16. The van der Waals surface area contributed by atoms with Crippen LogP contribution in [0.1, 0.15) is 26.7 Å². The van der Waals surface area contributed by atoms with Crippen LogP contribution in [0.5, 0.6) is 0 Å². The van der Waals surface area contributed by atoms with Gasteiger partial charge in [0, 0.05) is 32.8 Å². The van der Waals surface area contributed by atoms with Crippen molar-refractivity contribution in [2.75, 3.05) is 85.9 Å². The molecule has 0 aromatic rings. The van der Waals surface area contributed by atoms with Crippen LogP contribution in [-0.4, -0.2) is 97.3 Å². The molecular formula is C18H38O8. The van der Waals surface area contributed by atoms with Crippen LogP contribution in [0.2, 0.25) is 0 Å². The molecule has 0 aliphatic rings. The molecule has 0 fully saturated rings. The first kappa shape index (κ1) is 25.7. The molecule has 0 rings (SSSR count). The molecule has 1 N–H and O–H groups in total. The van der Waals surface area contributed by atoms with Gasteiger partial charge in [-0.1, -0.05) is 0 Å². The highest BCUT2D eigenvalue weighted by Crippen LogP contribution is 2.02. The second-order valence-corrected chi connectivity index (χ2v) is 5.27. The molecule has 1 unspecified atom stereocenters. The molecule has 8 heteroatoms. The molecule has 0 heterocycles. The van der Waals surface area contributed by atoms with Crippen molar-refractivity contribution >= 4 is 0 Å². The molecule has 0 aliphatic heterocycles. The van der Waals surface area contributed by atoms with Gasteiger partial charge in [-0.15, -0.1) is 0 Å². The molecule has 0 amide bonds. The third-order valence-electron chi connectivity index (χ3n) is 3.16. The standard InChI is InChI=1S/C18H38O8/c1-3-20-10-12-23-15-14-22-8-5-9-25-18(6-7-19)26-17-16-24-13-11-21-4-2/h18-19H,3-17H2,1-2H3. The molecule has 0 saturated heterocycles. The van der Waals surface area contributed by atoms with E-state index in [2.05, 4.69) is 0 Å². The molecule has 26 heavy (non-hydrogen) atoms. The zero-order valence-corrected chi connectivity index (χ0v) is 16.5. The maximum Gasteiger partial charge on any atom is 0.159 e. The van der Waals surface area contributed by atoms with Gasteiger partial charge in [0.05, 0.1) is 59.5 Å². The Balaban J connectivity index is 3.39. The molecule has 8 nitrogen and oxygen atoms in total. The average Bonchev–Trinajstić information content (AvgIpc) is 2.65. The van der Waals surface area contributed by atoms with Gasteiger partial charge in [-0.3, -0.25) is 0 Å². The zero-order chi connectivity index (χ0) is 19.1. The Bertz CT molecular complexity index is 255. The van der Waals surface area contributed by atoms with Gasteiger partial charge in [0.1, 0.15) is 0 Å². The van der Waals surface area contributed by atoms with Crippen molar-refractivity contribution in [2.45, 2.75) is 33.0 Å². The smallest absolute Gasteiger partial charge is 0.159 e. The fourth-order valence-electron chi connectivity index (χ4n) is 1.88. The molecular weight excluding hydrogens is 344 g/mol. The average molecular weight is 382 g/mol. The lowest BCUT2D eigenvalue weighted by Gasteiger charge is -2.18. The van der Waals surface area contributed by atoms with Crippen molar-refractivity contribution in [2.24, 2.45) is 0 Å². The summed E-state index contributed by atoms with van der Waals surface area (Å²) < 4.78 is 37.7. The van der Waals surface area contributed by atoms with Crippen LogP contribution in [0, 0.1) is 0 Å². The van der Waals surface area contributed by atoms with Gasteiger partial charge in [0.2, 0.25) is 0 Å². The van der Waals surface area contributed by atoms with Gasteiger partial charge < -0.3 is 38.3 Å². The fraction of sp³-hybridized carbons (Fsp3) is 1.00. The minimum atomic E-state index is -0.419. The summed E-state index contributed by atoms with van der Waals surface area (Å²) >= 11 is 0. The van der Waals surface area contributed by atoms with E-state index in [4.69, 9.17) is 38.3 Å². The van der Waals surface area contributed by atoms with Crippen molar-refractivity contribution in [1.29, 1.82) is 0 Å². The van der Waals surface area contributed by atoms with Crippen molar-refractivity contribution < 1.29 is 38.3 Å². The van der Waals surface area contributed by atoms with Crippen LogP contribution in [0.4, 0.5) is 0 Å². The van der Waals surface area contributed by atoms with Crippen LogP contribution >= 0.6 is 0 Å². The first-order valence-corrected chi connectivity index (χ1v) is 9.57. The molecule has 0 bridgehead atoms.